The maximum Gasteiger partial charge on any atom is 0.230 e. The van der Waals surface area contributed by atoms with Gasteiger partial charge in [0.05, 0.1) is 29.0 Å². The van der Waals surface area contributed by atoms with Crippen LogP contribution in [0.25, 0.3) is 5.69 Å². The smallest absolute Gasteiger partial charge is 0.230 e. The van der Waals surface area contributed by atoms with Crippen molar-refractivity contribution in [1.82, 2.24) is 24.7 Å². The first kappa shape index (κ1) is 15.6. The third-order valence-electron chi connectivity index (χ3n) is 3.98. The molecule has 7 heteroatoms. The normalized spacial score (nSPS) is 10.5. The van der Waals surface area contributed by atoms with Gasteiger partial charge in [0, 0.05) is 11.9 Å². The lowest BCUT2D eigenvalue weighted by Gasteiger charge is -2.22. The van der Waals surface area contributed by atoms with E-state index in [1.165, 1.54) is 6.33 Å². The van der Waals surface area contributed by atoms with Crippen molar-refractivity contribution in [1.29, 1.82) is 5.26 Å². The number of nitriles is 1. The van der Waals surface area contributed by atoms with Crippen molar-refractivity contribution in [3.63, 3.8) is 0 Å². The van der Waals surface area contributed by atoms with E-state index in [-0.39, 0.29) is 0 Å². The molecule has 4 aromatic rings. The van der Waals surface area contributed by atoms with Crippen LogP contribution < -0.4 is 4.90 Å². The van der Waals surface area contributed by atoms with Gasteiger partial charge >= 0.3 is 0 Å². The second-order valence-corrected chi connectivity index (χ2v) is 5.72. The predicted molar refractivity (Wildman–Crippen MR) is 97.6 cm³/mol. The zero-order chi connectivity index (χ0) is 17.9. The minimum atomic E-state index is 0.542. The van der Waals surface area contributed by atoms with Crippen LogP contribution in [0, 0.1) is 18.3 Å². The van der Waals surface area contributed by atoms with Crippen LogP contribution in [-0.4, -0.2) is 24.7 Å². The van der Waals surface area contributed by atoms with E-state index in [1.807, 2.05) is 71.1 Å². The van der Waals surface area contributed by atoms with Gasteiger partial charge in [-0.2, -0.15) is 15.3 Å². The van der Waals surface area contributed by atoms with Crippen molar-refractivity contribution in [3.05, 3.63) is 78.6 Å². The Labute approximate surface area is 150 Å². The Kier molecular flexibility index (Phi) is 3.92. The first-order valence-electron chi connectivity index (χ1n) is 8.02. The highest BCUT2D eigenvalue weighted by Crippen LogP contribution is 2.33. The molecule has 0 fully saturated rings. The second kappa shape index (κ2) is 6.53. The lowest BCUT2D eigenvalue weighted by Crippen LogP contribution is -2.12. The summed E-state index contributed by atoms with van der Waals surface area (Å²) >= 11 is 0. The minimum Gasteiger partial charge on any atom is -0.305 e. The van der Waals surface area contributed by atoms with Crippen LogP contribution in [0.5, 0.6) is 0 Å². The van der Waals surface area contributed by atoms with Gasteiger partial charge in [-0.15, -0.1) is 0 Å². The molecule has 26 heavy (non-hydrogen) atoms. The van der Waals surface area contributed by atoms with E-state index in [9.17, 15) is 5.26 Å². The summed E-state index contributed by atoms with van der Waals surface area (Å²) in [6.45, 7) is 1.91. The highest BCUT2D eigenvalue weighted by atomic mass is 15.3. The average molecular weight is 341 g/mol. The van der Waals surface area contributed by atoms with E-state index < -0.39 is 0 Å². The first-order chi connectivity index (χ1) is 12.8. The average Bonchev–Trinajstić information content (AvgIpc) is 3.35. The summed E-state index contributed by atoms with van der Waals surface area (Å²) < 4.78 is 1.85. The van der Waals surface area contributed by atoms with Crippen molar-refractivity contribution < 1.29 is 0 Å². The van der Waals surface area contributed by atoms with Crippen LogP contribution in [0.15, 0.2) is 67.4 Å². The van der Waals surface area contributed by atoms with Crippen LogP contribution in [0.4, 0.5) is 17.3 Å². The Balaban J connectivity index is 1.84. The molecule has 0 aliphatic carbocycles. The number of aromatic nitrogens is 5. The third-order valence-corrected chi connectivity index (χ3v) is 3.98. The van der Waals surface area contributed by atoms with Gasteiger partial charge in [-0.3, -0.25) is 4.90 Å². The summed E-state index contributed by atoms with van der Waals surface area (Å²) in [5, 5.41) is 16.5. The Morgan fingerprint density at radius 3 is 2.58 bits per heavy atom. The molecular formula is C19H15N7. The zero-order valence-electron chi connectivity index (χ0n) is 14.0. The molecule has 2 heterocycles. The van der Waals surface area contributed by atoms with Gasteiger partial charge in [0.15, 0.2) is 0 Å². The first-order valence-corrected chi connectivity index (χ1v) is 8.02. The van der Waals surface area contributed by atoms with Crippen molar-refractivity contribution in [2.24, 2.45) is 0 Å². The lowest BCUT2D eigenvalue weighted by atomic mass is 10.1. The van der Waals surface area contributed by atoms with Gasteiger partial charge in [0.1, 0.15) is 12.4 Å². The molecule has 7 nitrogen and oxygen atoms in total. The largest absolute Gasteiger partial charge is 0.305 e. The molecule has 126 valence electrons. The second-order valence-electron chi connectivity index (χ2n) is 5.72. The number of para-hydroxylation sites is 1. The molecule has 0 radical (unpaired) electrons. The summed E-state index contributed by atoms with van der Waals surface area (Å²) in [4.78, 5) is 10.4. The number of aromatic amines is 1. The predicted octanol–water partition coefficient (Wildman–Crippen LogP) is 3.64. The third kappa shape index (κ3) is 2.80. The van der Waals surface area contributed by atoms with Crippen molar-refractivity contribution in [2.45, 2.75) is 6.92 Å². The summed E-state index contributed by atoms with van der Waals surface area (Å²) in [5.74, 6) is 0.575. The molecule has 0 unspecified atom stereocenters. The van der Waals surface area contributed by atoms with Crippen LogP contribution in [0.1, 0.15) is 11.3 Å². The topological polar surface area (TPSA) is 86.4 Å². The number of nitrogens with one attached hydrogen (secondary N) is 1. The van der Waals surface area contributed by atoms with Gasteiger partial charge < -0.3 is 4.57 Å². The number of rotatable bonds is 4. The Bertz CT molecular complexity index is 1060. The monoisotopic (exact) mass is 341 g/mol. The Hall–Kier alpha value is -3.92. The molecule has 2 aromatic carbocycles. The summed E-state index contributed by atoms with van der Waals surface area (Å²) in [5.41, 5.74) is 3.94. The van der Waals surface area contributed by atoms with Gasteiger partial charge in [-0.1, -0.05) is 18.2 Å². The molecule has 0 bridgehead atoms. The van der Waals surface area contributed by atoms with E-state index in [4.69, 9.17) is 0 Å². The molecule has 0 amide bonds. The van der Waals surface area contributed by atoms with Crippen LogP contribution in [0.3, 0.4) is 0 Å². The van der Waals surface area contributed by atoms with Crippen molar-refractivity contribution >= 4 is 17.3 Å². The fraction of sp³-hybridized carbons (Fsp3) is 0.0526. The van der Waals surface area contributed by atoms with E-state index in [0.717, 1.165) is 22.8 Å². The maximum atomic E-state index is 9.66. The van der Waals surface area contributed by atoms with Gasteiger partial charge in [0.25, 0.3) is 0 Å². The van der Waals surface area contributed by atoms with Crippen molar-refractivity contribution in [3.8, 4) is 11.8 Å². The number of aryl methyl sites for hydroxylation is 1. The molecule has 0 saturated carbocycles. The number of H-pyrrole nitrogens is 1. The quantitative estimate of drug-likeness (QED) is 0.612. The molecule has 0 spiro atoms. The van der Waals surface area contributed by atoms with Crippen LogP contribution >= 0.6 is 0 Å². The van der Waals surface area contributed by atoms with Crippen molar-refractivity contribution in [2.75, 3.05) is 4.90 Å². The number of benzene rings is 2. The maximum absolute atomic E-state index is 9.66. The fourth-order valence-electron chi connectivity index (χ4n) is 2.81. The number of imidazole rings is 1. The van der Waals surface area contributed by atoms with Gasteiger partial charge in [-0.05, 0) is 37.3 Å². The van der Waals surface area contributed by atoms with E-state index >= 15 is 0 Å². The number of hydrogen-bond acceptors (Lipinski definition) is 5. The number of hydrogen-bond donors (Lipinski definition) is 1. The fourth-order valence-corrected chi connectivity index (χ4v) is 2.81. The summed E-state index contributed by atoms with van der Waals surface area (Å²) in [6, 6.07) is 17.8. The van der Waals surface area contributed by atoms with E-state index in [1.54, 1.807) is 6.33 Å². The number of anilines is 3. The molecule has 4 rings (SSSR count). The highest BCUT2D eigenvalue weighted by molar-refractivity contribution is 5.74. The molecule has 0 aliphatic heterocycles. The van der Waals surface area contributed by atoms with Gasteiger partial charge in [0.2, 0.25) is 5.95 Å². The van der Waals surface area contributed by atoms with Crippen LogP contribution in [0.2, 0.25) is 0 Å². The molecule has 2 aromatic heterocycles. The lowest BCUT2D eigenvalue weighted by molar-refractivity contribution is 1.04. The molecule has 0 atom stereocenters. The number of nitrogens with zero attached hydrogens (tertiary/aromatic N) is 6. The van der Waals surface area contributed by atoms with E-state index in [2.05, 4.69) is 26.2 Å². The molecular weight excluding hydrogens is 326 g/mol. The molecule has 0 aliphatic rings. The van der Waals surface area contributed by atoms with Gasteiger partial charge in [-0.25, -0.2) is 10.1 Å². The standard InChI is InChI=1S/C19H15N7/c1-14-11-25(13-22-14)18-8-7-17(9-15(18)10-20)26(19-21-12-23-24-19)16-5-3-2-4-6-16/h2-9,11-13H,1H3,(H,21,23,24). The molecule has 0 saturated heterocycles. The summed E-state index contributed by atoms with van der Waals surface area (Å²) in [6.07, 6.45) is 5.05. The zero-order valence-corrected chi connectivity index (χ0v) is 14.0. The summed E-state index contributed by atoms with van der Waals surface area (Å²) in [7, 11) is 0. The minimum absolute atomic E-state index is 0.542. The Morgan fingerprint density at radius 1 is 1.08 bits per heavy atom. The van der Waals surface area contributed by atoms with Crippen LogP contribution in [-0.2, 0) is 0 Å². The highest BCUT2D eigenvalue weighted by Gasteiger charge is 2.17. The Morgan fingerprint density at radius 2 is 1.92 bits per heavy atom. The SMILES string of the molecule is Cc1cn(-c2ccc(N(c3ccccc3)c3ncn[nH]3)cc2C#N)cn1. The molecule has 1 N–H and O–H groups in total. The van der Waals surface area contributed by atoms with E-state index in [0.29, 0.717) is 11.5 Å².